The second-order valence-electron chi connectivity index (χ2n) is 13.8. The summed E-state index contributed by atoms with van der Waals surface area (Å²) in [7, 11) is 0. The third-order valence-corrected chi connectivity index (χ3v) is 7.91. The molecule has 0 aromatic heterocycles. The molecule has 0 spiro atoms. The van der Waals surface area contributed by atoms with Crippen molar-refractivity contribution in [2.75, 3.05) is 66.1 Å². The number of carbonyl (C=O) groups excluding carboxylic acids is 2. The quantitative estimate of drug-likeness (QED) is 0.180. The van der Waals surface area contributed by atoms with Gasteiger partial charge in [-0.05, 0) is 81.1 Å². The van der Waals surface area contributed by atoms with Crippen molar-refractivity contribution in [1.29, 1.82) is 0 Å². The van der Waals surface area contributed by atoms with Crippen molar-refractivity contribution < 1.29 is 48.4 Å². The van der Waals surface area contributed by atoms with E-state index < -0.39 is 22.2 Å². The maximum absolute atomic E-state index is 12.5. The summed E-state index contributed by atoms with van der Waals surface area (Å²) in [6, 6.07) is 0. The van der Waals surface area contributed by atoms with Crippen molar-refractivity contribution in [1.82, 2.24) is 10.1 Å². The Hall–Kier alpha value is -1.38. The van der Waals surface area contributed by atoms with E-state index in [1.165, 1.54) is 0 Å². The summed E-state index contributed by atoms with van der Waals surface area (Å²) < 4.78 is 32.6. The predicted octanol–water partition coefficient (Wildman–Crippen LogP) is 3.37. The summed E-state index contributed by atoms with van der Waals surface area (Å²) >= 11 is 0. The Morgan fingerprint density at radius 2 is 0.690 bits per heavy atom. The number of esters is 2. The van der Waals surface area contributed by atoms with Crippen molar-refractivity contribution >= 4 is 11.9 Å². The Kier molecular flexibility index (Phi) is 14.1. The summed E-state index contributed by atoms with van der Waals surface area (Å²) in [6.07, 6.45) is 1.89. The van der Waals surface area contributed by atoms with Crippen molar-refractivity contribution in [3.63, 3.8) is 0 Å². The lowest BCUT2D eigenvalue weighted by atomic mass is 9.75. The van der Waals surface area contributed by atoms with Crippen molar-refractivity contribution in [2.24, 2.45) is 11.8 Å². The molecule has 2 aliphatic heterocycles. The van der Waals surface area contributed by atoms with Crippen LogP contribution in [-0.2, 0) is 48.4 Å². The number of hydrogen-bond acceptors (Lipinski definition) is 10. The molecule has 12 heteroatoms. The molecule has 0 atom stereocenters. The van der Waals surface area contributed by atoms with Crippen LogP contribution in [0.3, 0.4) is 0 Å². The van der Waals surface area contributed by atoms with E-state index in [0.29, 0.717) is 65.3 Å². The Balaban J connectivity index is 1.39. The fraction of sp³-hybridized carbons (Fsp3) is 0.933. The third kappa shape index (κ3) is 11.3. The van der Waals surface area contributed by atoms with Gasteiger partial charge in [-0.1, -0.05) is 0 Å². The zero-order chi connectivity index (χ0) is 31.6. The zero-order valence-electron chi connectivity index (χ0n) is 27.0. The highest BCUT2D eigenvalue weighted by Gasteiger charge is 2.49. The van der Waals surface area contributed by atoms with Gasteiger partial charge < -0.3 is 28.4 Å². The molecule has 2 heterocycles. The van der Waals surface area contributed by atoms with E-state index in [4.69, 9.17) is 28.4 Å². The molecular weight excluding hydrogens is 548 g/mol. The molecule has 0 bridgehead atoms. The molecule has 2 radical (unpaired) electrons. The summed E-state index contributed by atoms with van der Waals surface area (Å²) in [5.74, 6) is -1.16. The van der Waals surface area contributed by atoms with Crippen LogP contribution < -0.4 is 0 Å². The minimum Gasteiger partial charge on any atom is -0.463 e. The van der Waals surface area contributed by atoms with Gasteiger partial charge in [0.1, 0.15) is 13.2 Å². The lowest BCUT2D eigenvalue weighted by Gasteiger charge is -2.49. The van der Waals surface area contributed by atoms with Crippen LogP contribution in [0.1, 0.15) is 81.1 Å². The molecule has 2 saturated heterocycles. The number of ether oxygens (including phenoxy) is 6. The molecule has 2 aliphatic rings. The maximum atomic E-state index is 12.5. The topological polar surface area (TPSA) is 136 Å². The molecular formula is C30H54N2O10. The van der Waals surface area contributed by atoms with Crippen LogP contribution in [0.5, 0.6) is 0 Å². The number of nitrogens with zero attached hydrogens (tertiary/aromatic N) is 2. The Bertz CT molecular complexity index is 744. The summed E-state index contributed by atoms with van der Waals surface area (Å²) in [5.41, 5.74) is -2.44. The first-order valence-corrected chi connectivity index (χ1v) is 15.1. The molecule has 2 fully saturated rings. The van der Waals surface area contributed by atoms with E-state index in [2.05, 4.69) is 0 Å². The lowest BCUT2D eigenvalue weighted by Crippen LogP contribution is -2.59. The van der Waals surface area contributed by atoms with Gasteiger partial charge in [-0.2, -0.15) is 0 Å². The molecule has 0 unspecified atom stereocenters. The molecule has 0 amide bonds. The lowest BCUT2D eigenvalue weighted by molar-refractivity contribution is -0.293. The molecule has 42 heavy (non-hydrogen) atoms. The first-order chi connectivity index (χ1) is 19.5. The Labute approximate surface area is 251 Å². The van der Waals surface area contributed by atoms with Crippen LogP contribution in [0, 0.1) is 11.8 Å². The van der Waals surface area contributed by atoms with Crippen molar-refractivity contribution in [3.05, 3.63) is 0 Å². The standard InChI is InChI=1S/C30H54N2O10/c1-27(2)19-23(20-28(3,4)31(27)35)25(33)41-17-15-39-13-11-37-9-10-38-12-14-40-16-18-42-26(34)24-21-29(5,6)32(36)30(7,8)22-24/h23-24H,9-22H2,1-8H3. The van der Waals surface area contributed by atoms with Crippen LogP contribution >= 0.6 is 0 Å². The van der Waals surface area contributed by atoms with Crippen LogP contribution in [0.15, 0.2) is 0 Å². The molecule has 0 aromatic rings. The molecule has 0 saturated carbocycles. The molecule has 244 valence electrons. The van der Waals surface area contributed by atoms with Gasteiger partial charge in [0.15, 0.2) is 0 Å². The Morgan fingerprint density at radius 1 is 0.476 bits per heavy atom. The van der Waals surface area contributed by atoms with Crippen LogP contribution in [0.2, 0.25) is 0 Å². The SMILES string of the molecule is CC1(C)CC(C(=O)OCCOCCOCCOCCOCCOC(=O)C2CC(C)(C)N([O])C(C)(C)C2)CC(C)(C)N1[O]. The first kappa shape index (κ1) is 36.8. The van der Waals surface area contributed by atoms with Gasteiger partial charge >= 0.3 is 11.9 Å². The van der Waals surface area contributed by atoms with Crippen LogP contribution in [0.4, 0.5) is 0 Å². The van der Waals surface area contributed by atoms with E-state index in [9.17, 15) is 20.0 Å². The number of rotatable bonds is 17. The highest BCUT2D eigenvalue weighted by molar-refractivity contribution is 5.73. The molecule has 0 aromatic carbocycles. The van der Waals surface area contributed by atoms with Crippen LogP contribution in [0.25, 0.3) is 0 Å². The fourth-order valence-corrected chi connectivity index (χ4v) is 6.26. The summed E-state index contributed by atoms with van der Waals surface area (Å²) in [6.45, 7) is 18.1. The average Bonchev–Trinajstić information content (AvgIpc) is 2.89. The number of hydroxylamine groups is 4. The molecule has 0 aliphatic carbocycles. The summed E-state index contributed by atoms with van der Waals surface area (Å²) in [4.78, 5) is 24.9. The summed E-state index contributed by atoms with van der Waals surface area (Å²) in [5, 5.41) is 27.1. The van der Waals surface area contributed by atoms with Gasteiger partial charge in [-0.15, -0.1) is 20.5 Å². The molecule has 0 N–H and O–H groups in total. The fourth-order valence-electron chi connectivity index (χ4n) is 6.26. The smallest absolute Gasteiger partial charge is 0.309 e. The van der Waals surface area contributed by atoms with E-state index >= 15 is 0 Å². The predicted molar refractivity (Wildman–Crippen MR) is 152 cm³/mol. The second kappa shape index (κ2) is 16.1. The minimum atomic E-state index is -0.610. The maximum Gasteiger partial charge on any atom is 0.309 e. The van der Waals surface area contributed by atoms with Gasteiger partial charge in [0.05, 0.1) is 64.7 Å². The van der Waals surface area contributed by atoms with Gasteiger partial charge in [0, 0.05) is 22.2 Å². The van der Waals surface area contributed by atoms with E-state index in [1.54, 1.807) is 0 Å². The van der Waals surface area contributed by atoms with Crippen molar-refractivity contribution in [2.45, 2.75) is 103 Å². The Morgan fingerprint density at radius 3 is 0.929 bits per heavy atom. The largest absolute Gasteiger partial charge is 0.463 e. The third-order valence-electron chi connectivity index (χ3n) is 7.91. The van der Waals surface area contributed by atoms with E-state index in [-0.39, 0.29) is 50.2 Å². The normalized spacial score (nSPS) is 22.6. The second-order valence-corrected chi connectivity index (χ2v) is 13.8. The van der Waals surface area contributed by atoms with Crippen molar-refractivity contribution in [3.8, 4) is 0 Å². The van der Waals surface area contributed by atoms with E-state index in [1.807, 2.05) is 55.4 Å². The van der Waals surface area contributed by atoms with Gasteiger partial charge in [-0.25, -0.2) is 0 Å². The number of hydrogen-bond donors (Lipinski definition) is 0. The average molecular weight is 603 g/mol. The van der Waals surface area contributed by atoms with E-state index in [0.717, 1.165) is 10.1 Å². The van der Waals surface area contributed by atoms with Gasteiger partial charge in [-0.3, -0.25) is 9.59 Å². The number of piperidine rings is 2. The van der Waals surface area contributed by atoms with Gasteiger partial charge in [0.2, 0.25) is 0 Å². The highest BCUT2D eigenvalue weighted by atomic mass is 16.6. The van der Waals surface area contributed by atoms with Crippen LogP contribution in [-0.4, -0.2) is 110 Å². The highest BCUT2D eigenvalue weighted by Crippen LogP contribution is 2.41. The zero-order valence-corrected chi connectivity index (χ0v) is 27.0. The number of carbonyl (C=O) groups is 2. The molecule has 2 rings (SSSR count). The first-order valence-electron chi connectivity index (χ1n) is 15.1. The minimum absolute atomic E-state index is 0.163. The monoisotopic (exact) mass is 602 g/mol. The molecule has 12 nitrogen and oxygen atoms in total. The van der Waals surface area contributed by atoms with Gasteiger partial charge in [0.25, 0.3) is 0 Å².